The number of benzene rings is 1. The molecule has 0 fully saturated rings. The highest BCUT2D eigenvalue weighted by Gasteiger charge is 2.14. The minimum absolute atomic E-state index is 0.178. The highest BCUT2D eigenvalue weighted by molar-refractivity contribution is 6.56. The van der Waals surface area contributed by atoms with E-state index in [4.69, 9.17) is 4.74 Å². The van der Waals surface area contributed by atoms with E-state index in [0.717, 1.165) is 11.3 Å². The van der Waals surface area contributed by atoms with Gasteiger partial charge in [0, 0.05) is 5.72 Å². The number of rotatable bonds is 6. The predicted octanol–water partition coefficient (Wildman–Crippen LogP) is 0.773. The zero-order chi connectivity index (χ0) is 15.2. The molecular formula is C16H21BN2O2. The van der Waals surface area contributed by atoms with Gasteiger partial charge in [-0.2, -0.15) is 7.28 Å². The van der Waals surface area contributed by atoms with E-state index in [1.807, 2.05) is 80.2 Å². The number of imidazole rings is 1. The maximum absolute atomic E-state index is 12.2. The molecule has 0 aliphatic rings. The smallest absolute Gasteiger partial charge is 0.268 e. The molecule has 1 heterocycles. The molecule has 0 amide bonds. The van der Waals surface area contributed by atoms with Crippen molar-refractivity contribution in [2.75, 3.05) is 6.61 Å². The van der Waals surface area contributed by atoms with E-state index >= 15 is 0 Å². The lowest BCUT2D eigenvalue weighted by Crippen LogP contribution is -2.51. The lowest BCUT2D eigenvalue weighted by Gasteiger charge is -2.25. The summed E-state index contributed by atoms with van der Waals surface area (Å²) in [6, 6.07) is 10.0. The summed E-state index contributed by atoms with van der Waals surface area (Å²) in [7, 11) is 5.91. The fraction of sp³-hybridized carbons (Fsp3) is 0.375. The summed E-state index contributed by atoms with van der Waals surface area (Å²) in [5.74, 6) is -0.463. The van der Waals surface area contributed by atoms with E-state index in [-0.39, 0.29) is 11.8 Å². The molecule has 1 atom stereocenters. The van der Waals surface area contributed by atoms with Crippen molar-refractivity contribution in [3.8, 4) is 0 Å². The number of aromatic nitrogens is 2. The third-order valence-corrected chi connectivity index (χ3v) is 3.47. The van der Waals surface area contributed by atoms with Crippen molar-refractivity contribution in [3.63, 3.8) is 0 Å². The Morgan fingerprint density at radius 1 is 1.38 bits per heavy atom. The predicted molar refractivity (Wildman–Crippen MR) is 82.5 cm³/mol. The van der Waals surface area contributed by atoms with Gasteiger partial charge in [0.1, 0.15) is 12.4 Å². The number of ether oxygens (including phenoxy) is 1. The zero-order valence-electron chi connectivity index (χ0n) is 12.8. The highest BCUT2D eigenvalue weighted by Crippen LogP contribution is 2.14. The summed E-state index contributed by atoms with van der Waals surface area (Å²) in [6.07, 6.45) is 4.58. The molecule has 21 heavy (non-hydrogen) atoms. The summed E-state index contributed by atoms with van der Waals surface area (Å²) >= 11 is 0. The van der Waals surface area contributed by atoms with Crippen molar-refractivity contribution >= 4 is 19.0 Å². The van der Waals surface area contributed by atoms with E-state index in [1.165, 1.54) is 0 Å². The minimum atomic E-state index is -0.285. The third kappa shape index (κ3) is 3.97. The molecule has 110 valence electrons. The Kier molecular flexibility index (Phi) is 5.20. The van der Waals surface area contributed by atoms with Crippen molar-refractivity contribution in [2.45, 2.75) is 19.2 Å². The summed E-state index contributed by atoms with van der Waals surface area (Å²) in [4.78, 5) is 12.2. The number of hydrogen-bond acceptors (Lipinski definition) is 2. The van der Waals surface area contributed by atoms with Crippen LogP contribution >= 0.6 is 0 Å². The second-order valence-electron chi connectivity index (χ2n) is 5.09. The van der Waals surface area contributed by atoms with Crippen molar-refractivity contribution in [1.82, 2.24) is 4.57 Å². The number of hydrogen-bond donors (Lipinski definition) is 0. The standard InChI is InChI=1S/C16H21BN2O2/c1-4-21-15(20)14(12-13-8-6-5-7-9-13)17-16-18(2)10-11-19(16)3/h5-11,14H,4,12H2,1-3H3. The average Bonchev–Trinajstić information content (AvgIpc) is 2.79. The Hall–Kier alpha value is -2.04. The Labute approximate surface area is 126 Å². The van der Waals surface area contributed by atoms with E-state index in [0.29, 0.717) is 13.0 Å². The molecule has 4 nitrogen and oxygen atoms in total. The number of carbonyl (C=O) groups excluding carboxylic acids is 1. The van der Waals surface area contributed by atoms with Gasteiger partial charge in [-0.05, 0) is 6.92 Å². The van der Waals surface area contributed by atoms with Crippen LogP contribution in [0.25, 0.3) is 0 Å². The molecule has 1 aromatic heterocycles. The molecule has 5 heteroatoms. The van der Waals surface area contributed by atoms with Gasteiger partial charge in [0.25, 0.3) is 5.97 Å². The van der Waals surface area contributed by atoms with Crippen molar-refractivity contribution in [2.24, 2.45) is 14.1 Å². The number of carbonyl (C=O) groups is 1. The number of nitrogens with zero attached hydrogens (tertiary/aromatic N) is 2. The fourth-order valence-corrected chi connectivity index (χ4v) is 2.34. The van der Waals surface area contributed by atoms with Gasteiger partial charge in [0.05, 0.1) is 20.7 Å². The minimum Gasteiger partial charge on any atom is -0.468 e. The van der Waals surface area contributed by atoms with Crippen LogP contribution in [0.5, 0.6) is 0 Å². The van der Waals surface area contributed by atoms with Crippen molar-refractivity contribution in [3.05, 3.63) is 48.3 Å². The molecule has 2 aromatic rings. The fourth-order valence-electron chi connectivity index (χ4n) is 2.34. The van der Waals surface area contributed by atoms with Crippen LogP contribution in [0.4, 0.5) is 0 Å². The Balaban J connectivity index is 2.18. The lowest BCUT2D eigenvalue weighted by molar-refractivity contribution is -0.653. The maximum Gasteiger partial charge on any atom is 0.268 e. The zero-order valence-corrected chi connectivity index (χ0v) is 12.8. The van der Waals surface area contributed by atoms with Gasteiger partial charge in [-0.1, -0.05) is 42.3 Å². The monoisotopic (exact) mass is 284 g/mol. The Bertz CT molecular complexity index is 576. The van der Waals surface area contributed by atoms with Crippen molar-refractivity contribution < 1.29 is 14.1 Å². The summed E-state index contributed by atoms with van der Waals surface area (Å²) in [5.41, 5.74) is 2.12. The van der Waals surface area contributed by atoms with Crippen molar-refractivity contribution in [1.29, 1.82) is 0 Å². The summed E-state index contributed by atoms with van der Waals surface area (Å²) in [6.45, 7) is 2.23. The van der Waals surface area contributed by atoms with Crippen LogP contribution in [-0.4, -0.2) is 24.4 Å². The molecule has 0 aliphatic carbocycles. The molecule has 1 unspecified atom stereocenters. The van der Waals surface area contributed by atoms with Crippen LogP contribution in [0.2, 0.25) is 5.82 Å². The highest BCUT2D eigenvalue weighted by atomic mass is 16.5. The molecule has 0 saturated carbocycles. The SMILES string of the molecule is CCOC(=O)C([B-]c1n(C)cc[n+]1C)Cc1ccccc1. The summed E-state index contributed by atoms with van der Waals surface area (Å²) in [5, 5.41) is 0. The second-order valence-corrected chi connectivity index (χ2v) is 5.09. The maximum atomic E-state index is 12.2. The Morgan fingerprint density at radius 3 is 2.67 bits per heavy atom. The molecular weight excluding hydrogens is 263 g/mol. The molecule has 0 bridgehead atoms. The number of aryl methyl sites for hydroxylation is 2. The Morgan fingerprint density at radius 2 is 2.10 bits per heavy atom. The van der Waals surface area contributed by atoms with Gasteiger partial charge in [0.2, 0.25) is 0 Å². The van der Waals surface area contributed by atoms with Crippen LogP contribution in [0.15, 0.2) is 42.7 Å². The first kappa shape index (κ1) is 15.4. The molecule has 0 N–H and O–H groups in total. The van der Waals surface area contributed by atoms with E-state index in [9.17, 15) is 4.79 Å². The van der Waals surface area contributed by atoms with E-state index in [1.54, 1.807) is 0 Å². The number of esters is 1. The molecule has 1 aromatic carbocycles. The van der Waals surface area contributed by atoms with Crippen LogP contribution in [0, 0.1) is 0 Å². The first-order valence-electron chi connectivity index (χ1n) is 7.18. The van der Waals surface area contributed by atoms with Gasteiger partial charge in [-0.15, -0.1) is 5.82 Å². The molecule has 0 saturated heterocycles. The average molecular weight is 284 g/mol. The summed E-state index contributed by atoms with van der Waals surface area (Å²) < 4.78 is 9.21. The van der Waals surface area contributed by atoms with Gasteiger partial charge in [-0.25, -0.2) is 0 Å². The van der Waals surface area contributed by atoms with E-state index in [2.05, 4.69) is 0 Å². The first-order chi connectivity index (χ1) is 10.1. The largest absolute Gasteiger partial charge is 0.468 e. The van der Waals surface area contributed by atoms with Gasteiger partial charge in [-0.3, -0.25) is 13.9 Å². The van der Waals surface area contributed by atoms with Gasteiger partial charge in [0.15, 0.2) is 0 Å². The van der Waals surface area contributed by atoms with Crippen LogP contribution in [0.1, 0.15) is 12.5 Å². The second kappa shape index (κ2) is 7.11. The third-order valence-electron chi connectivity index (χ3n) is 3.47. The molecule has 0 spiro atoms. The van der Waals surface area contributed by atoms with Gasteiger partial charge >= 0.3 is 0 Å². The lowest BCUT2D eigenvalue weighted by atomic mass is 9.61. The first-order valence-corrected chi connectivity index (χ1v) is 7.18. The molecule has 2 radical (unpaired) electrons. The van der Waals surface area contributed by atoms with Crippen LogP contribution in [0.3, 0.4) is 0 Å². The topological polar surface area (TPSA) is 35.1 Å². The van der Waals surface area contributed by atoms with Crippen LogP contribution < -0.4 is 10.3 Å². The van der Waals surface area contributed by atoms with Gasteiger partial charge < -0.3 is 4.74 Å². The van der Waals surface area contributed by atoms with E-state index < -0.39 is 0 Å². The molecule has 2 rings (SSSR count). The molecule has 0 aliphatic heterocycles. The van der Waals surface area contributed by atoms with Crippen LogP contribution in [-0.2, 0) is 30.0 Å². The normalized spacial score (nSPS) is 12.1. The quantitative estimate of drug-likeness (QED) is 0.446.